The maximum atomic E-state index is 11.5. The highest BCUT2D eigenvalue weighted by Gasteiger charge is 2.19. The van der Waals surface area contributed by atoms with E-state index in [4.69, 9.17) is 9.57 Å². The van der Waals surface area contributed by atoms with Crippen molar-refractivity contribution < 1.29 is 19.5 Å². The van der Waals surface area contributed by atoms with Gasteiger partial charge in [-0.3, -0.25) is 4.98 Å². The molecule has 0 saturated heterocycles. The minimum Gasteiger partial charge on any atom is -0.479 e. The zero-order chi connectivity index (χ0) is 19.6. The zero-order valence-electron chi connectivity index (χ0n) is 15.1. The second-order valence-electron chi connectivity index (χ2n) is 5.93. The first-order chi connectivity index (χ1) is 13.7. The number of nitrogens with zero attached hydrogens (tertiary/aromatic N) is 2. The molecule has 2 aromatic carbocycles. The van der Waals surface area contributed by atoms with E-state index < -0.39 is 12.1 Å². The lowest BCUT2D eigenvalue weighted by Crippen LogP contribution is -2.28. The van der Waals surface area contributed by atoms with Crippen LogP contribution in [0.4, 0.5) is 0 Å². The maximum Gasteiger partial charge on any atom is 0.345 e. The van der Waals surface area contributed by atoms with Crippen molar-refractivity contribution in [1.82, 2.24) is 4.98 Å². The molecule has 0 aliphatic rings. The molecule has 3 aromatic rings. The summed E-state index contributed by atoms with van der Waals surface area (Å²) < 4.78 is 5.51. The molecule has 28 heavy (non-hydrogen) atoms. The fraction of sp³-hybridized carbons (Fsp3) is 0.136. The lowest BCUT2D eigenvalue weighted by molar-refractivity contribution is -0.146. The Kier molecular flexibility index (Phi) is 6.73. The summed E-state index contributed by atoms with van der Waals surface area (Å²) in [6.45, 7) is 0.0976. The van der Waals surface area contributed by atoms with Gasteiger partial charge in [0.2, 0.25) is 0 Å². The zero-order valence-corrected chi connectivity index (χ0v) is 15.1. The standard InChI is InChI=1S/C22H20N2O4/c25-22(26)20(28-19-11-5-2-6-12-19)13-15-27-24-21(17-8-3-1-4-9-17)18-10-7-14-23-16-18/h1-12,14,16,20H,13,15H2,(H,25,26). The third kappa shape index (κ3) is 5.41. The van der Waals surface area contributed by atoms with Gasteiger partial charge in [0.25, 0.3) is 0 Å². The second kappa shape index (κ2) is 9.87. The van der Waals surface area contributed by atoms with Gasteiger partial charge in [0, 0.05) is 29.9 Å². The van der Waals surface area contributed by atoms with E-state index in [0.717, 1.165) is 11.1 Å². The fourth-order valence-corrected chi connectivity index (χ4v) is 2.54. The Bertz CT molecular complexity index is 858. The van der Waals surface area contributed by atoms with Gasteiger partial charge in [-0.05, 0) is 24.3 Å². The number of benzene rings is 2. The van der Waals surface area contributed by atoms with E-state index in [0.29, 0.717) is 11.5 Å². The molecule has 0 saturated carbocycles. The molecule has 0 fully saturated rings. The highest BCUT2D eigenvalue weighted by atomic mass is 16.6. The van der Waals surface area contributed by atoms with Crippen molar-refractivity contribution in [2.75, 3.05) is 6.61 Å². The van der Waals surface area contributed by atoms with Crippen molar-refractivity contribution in [2.45, 2.75) is 12.5 Å². The Morgan fingerprint density at radius 1 is 0.964 bits per heavy atom. The normalized spacial score (nSPS) is 12.2. The predicted molar refractivity (Wildman–Crippen MR) is 105 cm³/mol. The first kappa shape index (κ1) is 19.1. The van der Waals surface area contributed by atoms with Crippen LogP contribution in [0.2, 0.25) is 0 Å². The molecular formula is C22H20N2O4. The minimum absolute atomic E-state index is 0.0976. The quantitative estimate of drug-likeness (QED) is 0.349. The van der Waals surface area contributed by atoms with Crippen LogP contribution in [0.25, 0.3) is 0 Å². The van der Waals surface area contributed by atoms with Crippen molar-refractivity contribution >= 4 is 11.7 Å². The van der Waals surface area contributed by atoms with Crippen molar-refractivity contribution in [3.8, 4) is 5.75 Å². The van der Waals surface area contributed by atoms with Crippen LogP contribution < -0.4 is 4.74 Å². The molecule has 1 unspecified atom stereocenters. The summed E-state index contributed by atoms with van der Waals surface area (Å²) in [4.78, 5) is 21.0. The first-order valence-corrected chi connectivity index (χ1v) is 8.84. The fourth-order valence-electron chi connectivity index (χ4n) is 2.54. The number of carbonyl (C=O) groups is 1. The monoisotopic (exact) mass is 376 g/mol. The lowest BCUT2D eigenvalue weighted by atomic mass is 10.0. The van der Waals surface area contributed by atoms with Crippen LogP contribution in [0.1, 0.15) is 17.5 Å². The van der Waals surface area contributed by atoms with Crippen LogP contribution in [0.5, 0.6) is 5.75 Å². The Balaban J connectivity index is 1.67. The van der Waals surface area contributed by atoms with E-state index in [1.807, 2.05) is 48.5 Å². The molecule has 0 bridgehead atoms. The number of ether oxygens (including phenoxy) is 1. The lowest BCUT2D eigenvalue weighted by Gasteiger charge is -2.14. The van der Waals surface area contributed by atoms with E-state index in [2.05, 4.69) is 10.1 Å². The summed E-state index contributed by atoms with van der Waals surface area (Å²) in [5.74, 6) is -0.550. The second-order valence-corrected chi connectivity index (χ2v) is 5.93. The van der Waals surface area contributed by atoms with E-state index >= 15 is 0 Å². The molecule has 0 aliphatic heterocycles. The Morgan fingerprint density at radius 3 is 2.29 bits per heavy atom. The van der Waals surface area contributed by atoms with Gasteiger partial charge in [-0.25, -0.2) is 4.79 Å². The highest BCUT2D eigenvalue weighted by Crippen LogP contribution is 2.14. The number of pyridine rings is 1. The number of carboxylic acids is 1. The number of hydrogen-bond acceptors (Lipinski definition) is 5. The molecule has 3 rings (SSSR count). The van der Waals surface area contributed by atoms with Crippen LogP contribution in [0.15, 0.2) is 90.3 Å². The molecule has 6 nitrogen and oxygen atoms in total. The van der Waals surface area contributed by atoms with E-state index in [1.54, 1.807) is 36.7 Å². The van der Waals surface area contributed by atoms with Crippen molar-refractivity contribution in [1.29, 1.82) is 0 Å². The average Bonchev–Trinajstić information content (AvgIpc) is 2.75. The summed E-state index contributed by atoms with van der Waals surface area (Å²) in [5, 5.41) is 13.6. The first-order valence-electron chi connectivity index (χ1n) is 8.84. The molecule has 0 amide bonds. The highest BCUT2D eigenvalue weighted by molar-refractivity contribution is 6.12. The molecule has 6 heteroatoms. The number of carboxylic acid groups (broad SMARTS) is 1. The van der Waals surface area contributed by atoms with Crippen LogP contribution in [0.3, 0.4) is 0 Å². The molecule has 0 spiro atoms. The van der Waals surface area contributed by atoms with Gasteiger partial charge < -0.3 is 14.7 Å². The van der Waals surface area contributed by atoms with Gasteiger partial charge in [-0.1, -0.05) is 53.7 Å². The van der Waals surface area contributed by atoms with Gasteiger partial charge in [0.05, 0.1) is 0 Å². The molecule has 1 aromatic heterocycles. The SMILES string of the molecule is O=C(O)C(CCON=C(c1ccccc1)c1cccnc1)Oc1ccccc1. The van der Waals surface area contributed by atoms with E-state index in [-0.39, 0.29) is 13.0 Å². The predicted octanol–water partition coefficient (Wildman–Crippen LogP) is 3.77. The third-order valence-corrected chi connectivity index (χ3v) is 3.91. The third-order valence-electron chi connectivity index (χ3n) is 3.91. The number of hydrogen-bond donors (Lipinski definition) is 1. The van der Waals surface area contributed by atoms with Crippen molar-refractivity contribution in [3.63, 3.8) is 0 Å². The van der Waals surface area contributed by atoms with Gasteiger partial charge in [-0.2, -0.15) is 0 Å². The molecule has 1 atom stereocenters. The largest absolute Gasteiger partial charge is 0.479 e. The van der Waals surface area contributed by atoms with Crippen LogP contribution in [-0.4, -0.2) is 34.5 Å². The Hall–Kier alpha value is -3.67. The molecule has 1 heterocycles. The topological polar surface area (TPSA) is 81.0 Å². The number of aromatic nitrogens is 1. The maximum absolute atomic E-state index is 11.5. The number of aliphatic carboxylic acids is 1. The average molecular weight is 376 g/mol. The van der Waals surface area contributed by atoms with Crippen molar-refractivity contribution in [3.05, 3.63) is 96.3 Å². The molecular weight excluding hydrogens is 356 g/mol. The van der Waals surface area contributed by atoms with Crippen LogP contribution >= 0.6 is 0 Å². The minimum atomic E-state index is -1.05. The molecule has 1 N–H and O–H groups in total. The smallest absolute Gasteiger partial charge is 0.345 e. The Labute approximate surface area is 163 Å². The summed E-state index contributed by atoms with van der Waals surface area (Å²) in [5.41, 5.74) is 2.32. The van der Waals surface area contributed by atoms with Crippen molar-refractivity contribution in [2.24, 2.45) is 5.16 Å². The van der Waals surface area contributed by atoms with Gasteiger partial charge in [0.1, 0.15) is 18.1 Å². The summed E-state index contributed by atoms with van der Waals surface area (Å²) in [7, 11) is 0. The Morgan fingerprint density at radius 2 is 1.64 bits per heavy atom. The van der Waals surface area contributed by atoms with Gasteiger partial charge in [0.15, 0.2) is 6.10 Å². The number of oxime groups is 1. The molecule has 0 radical (unpaired) electrons. The number of para-hydroxylation sites is 1. The molecule has 0 aliphatic carbocycles. The number of rotatable bonds is 9. The van der Waals surface area contributed by atoms with Crippen LogP contribution in [-0.2, 0) is 9.63 Å². The van der Waals surface area contributed by atoms with E-state index in [1.165, 1.54) is 0 Å². The summed E-state index contributed by atoms with van der Waals surface area (Å²) in [6.07, 6.45) is 2.53. The molecule has 142 valence electrons. The van der Waals surface area contributed by atoms with E-state index in [9.17, 15) is 9.90 Å². The van der Waals surface area contributed by atoms with Gasteiger partial charge >= 0.3 is 5.97 Å². The van der Waals surface area contributed by atoms with Gasteiger partial charge in [-0.15, -0.1) is 0 Å². The summed E-state index contributed by atoms with van der Waals surface area (Å²) in [6, 6.07) is 22.1. The summed E-state index contributed by atoms with van der Waals surface area (Å²) >= 11 is 0. The van der Waals surface area contributed by atoms with Crippen LogP contribution in [0, 0.1) is 0 Å².